The Kier molecular flexibility index (Phi) is 9.99. The highest BCUT2D eigenvalue weighted by molar-refractivity contribution is 14.1. The van der Waals surface area contributed by atoms with Crippen LogP contribution in [0.2, 0.25) is 0 Å². The van der Waals surface area contributed by atoms with Gasteiger partial charge in [-0.1, -0.05) is 44.8 Å². The molecule has 7 heteroatoms. The van der Waals surface area contributed by atoms with Crippen molar-refractivity contribution in [2.24, 2.45) is 22.7 Å². The molecule has 1 fully saturated rings. The summed E-state index contributed by atoms with van der Waals surface area (Å²) in [6, 6.07) is 0. The van der Waals surface area contributed by atoms with Crippen molar-refractivity contribution in [3.05, 3.63) is 12.2 Å². The first-order valence-corrected chi connectivity index (χ1v) is 12.5. The molecule has 0 spiro atoms. The largest absolute Gasteiger partial charge is 0.481 e. The molecule has 162 valence electrons. The number of aliphatic hydroxyl groups is 2. The minimum Gasteiger partial charge on any atom is -0.481 e. The molecule has 2 rings (SSSR count). The van der Waals surface area contributed by atoms with E-state index >= 15 is 0 Å². The van der Waals surface area contributed by atoms with E-state index in [1.54, 1.807) is 11.8 Å². The molecule has 3 N–H and O–H groups in total. The SMILES string of the molecule is CCCCC(C)C(O)C=CC1C(O)CC2(C#CI)N=C(SCCCC(=O)O)CC12. The fourth-order valence-corrected chi connectivity index (χ4v) is 5.75. The van der Waals surface area contributed by atoms with Crippen LogP contribution in [-0.4, -0.2) is 49.8 Å². The molecule has 1 aliphatic heterocycles. The minimum atomic E-state index is -0.775. The van der Waals surface area contributed by atoms with Crippen LogP contribution in [0.4, 0.5) is 0 Å². The molecule has 0 aromatic carbocycles. The van der Waals surface area contributed by atoms with Gasteiger partial charge in [-0.3, -0.25) is 9.79 Å². The zero-order valence-corrected chi connectivity index (χ0v) is 20.2. The van der Waals surface area contributed by atoms with Crippen LogP contribution in [-0.2, 0) is 4.79 Å². The average Bonchev–Trinajstić information content (AvgIpc) is 3.12. The molecule has 5 nitrogen and oxygen atoms in total. The topological polar surface area (TPSA) is 90.1 Å². The number of fused-ring (bicyclic) bond motifs is 1. The Morgan fingerprint density at radius 2 is 2.24 bits per heavy atom. The van der Waals surface area contributed by atoms with Gasteiger partial charge >= 0.3 is 5.97 Å². The maximum atomic E-state index is 10.7. The lowest BCUT2D eigenvalue weighted by atomic mass is 9.83. The van der Waals surface area contributed by atoms with Gasteiger partial charge in [0, 0.05) is 53.7 Å². The van der Waals surface area contributed by atoms with Crippen LogP contribution in [0.25, 0.3) is 0 Å². The summed E-state index contributed by atoms with van der Waals surface area (Å²) in [6.45, 7) is 4.21. The van der Waals surface area contributed by atoms with Gasteiger partial charge in [-0.2, -0.15) is 0 Å². The maximum Gasteiger partial charge on any atom is 0.303 e. The second kappa shape index (κ2) is 11.7. The molecule has 0 aromatic rings. The molecule has 1 saturated carbocycles. The lowest BCUT2D eigenvalue weighted by Gasteiger charge is -2.22. The fraction of sp³-hybridized carbons (Fsp3) is 0.727. The van der Waals surface area contributed by atoms with E-state index in [2.05, 4.69) is 23.7 Å². The Morgan fingerprint density at radius 1 is 1.48 bits per heavy atom. The van der Waals surface area contributed by atoms with Crippen molar-refractivity contribution in [2.45, 2.75) is 76.5 Å². The molecule has 29 heavy (non-hydrogen) atoms. The number of unbranched alkanes of at least 4 members (excludes halogenated alkanes) is 1. The highest BCUT2D eigenvalue weighted by Crippen LogP contribution is 2.51. The molecule has 0 saturated heterocycles. The molecule has 0 radical (unpaired) electrons. The summed E-state index contributed by atoms with van der Waals surface area (Å²) in [5.41, 5.74) is -0.566. The van der Waals surface area contributed by atoms with Gasteiger partial charge in [0.15, 0.2) is 0 Å². The molecule has 0 aromatic heterocycles. The number of hydrogen-bond donors (Lipinski definition) is 3. The number of aliphatic imine (C=N–C) groups is 1. The van der Waals surface area contributed by atoms with Crippen molar-refractivity contribution in [2.75, 3.05) is 5.75 Å². The number of rotatable bonds is 10. The summed E-state index contributed by atoms with van der Waals surface area (Å²) in [5, 5.41) is 30.9. The average molecular weight is 533 g/mol. The summed E-state index contributed by atoms with van der Waals surface area (Å²) in [6.07, 6.45) is 8.04. The number of aliphatic hydroxyl groups excluding tert-OH is 2. The second-order valence-electron chi connectivity index (χ2n) is 8.15. The third-order valence-electron chi connectivity index (χ3n) is 5.96. The first kappa shape index (κ1) is 24.7. The highest BCUT2D eigenvalue weighted by atomic mass is 127. The Hall–Kier alpha value is -0.560. The van der Waals surface area contributed by atoms with Gasteiger partial charge in [0.25, 0.3) is 0 Å². The number of nitrogens with zero attached hydrogens (tertiary/aromatic N) is 1. The quantitative estimate of drug-likeness (QED) is 0.169. The number of hydrogen-bond acceptors (Lipinski definition) is 5. The third-order valence-corrected chi connectivity index (χ3v) is 7.31. The molecule has 1 aliphatic carbocycles. The number of carbonyl (C=O) groups is 1. The van der Waals surface area contributed by atoms with E-state index in [0.29, 0.717) is 12.8 Å². The van der Waals surface area contributed by atoms with Gasteiger partial charge < -0.3 is 15.3 Å². The monoisotopic (exact) mass is 533 g/mol. The summed E-state index contributed by atoms with van der Waals surface area (Å²) in [5.74, 6) is 3.40. The smallest absolute Gasteiger partial charge is 0.303 e. The molecule has 6 atom stereocenters. The summed E-state index contributed by atoms with van der Waals surface area (Å²) in [7, 11) is 0. The fourth-order valence-electron chi connectivity index (χ4n) is 4.23. The lowest BCUT2D eigenvalue weighted by Crippen LogP contribution is -2.27. The Morgan fingerprint density at radius 3 is 2.90 bits per heavy atom. The van der Waals surface area contributed by atoms with Crippen LogP contribution in [0, 0.1) is 27.6 Å². The van der Waals surface area contributed by atoms with E-state index < -0.39 is 23.7 Å². The van der Waals surface area contributed by atoms with Crippen molar-refractivity contribution < 1.29 is 20.1 Å². The van der Waals surface area contributed by atoms with Gasteiger partial charge in [-0.25, -0.2) is 0 Å². The Bertz CT molecular complexity index is 686. The number of carboxylic acid groups (broad SMARTS) is 1. The summed E-state index contributed by atoms with van der Waals surface area (Å²) < 4.78 is 2.96. The number of carboxylic acids is 1. The minimum absolute atomic E-state index is 0.0823. The highest BCUT2D eigenvalue weighted by Gasteiger charge is 2.55. The van der Waals surface area contributed by atoms with Crippen molar-refractivity contribution in [1.82, 2.24) is 0 Å². The van der Waals surface area contributed by atoms with Crippen LogP contribution < -0.4 is 0 Å². The zero-order valence-electron chi connectivity index (χ0n) is 17.2. The molecule has 0 bridgehead atoms. The van der Waals surface area contributed by atoms with Crippen LogP contribution in [0.15, 0.2) is 17.1 Å². The predicted octanol–water partition coefficient (Wildman–Crippen LogP) is 4.26. The van der Waals surface area contributed by atoms with Crippen LogP contribution >= 0.6 is 34.4 Å². The number of halogens is 1. The lowest BCUT2D eigenvalue weighted by molar-refractivity contribution is -0.137. The van der Waals surface area contributed by atoms with Gasteiger partial charge in [0.1, 0.15) is 5.54 Å². The molecule has 2 aliphatic rings. The van der Waals surface area contributed by atoms with Crippen molar-refractivity contribution in [3.63, 3.8) is 0 Å². The van der Waals surface area contributed by atoms with Gasteiger partial charge in [-0.05, 0) is 28.4 Å². The second-order valence-corrected chi connectivity index (χ2v) is 9.86. The Labute approximate surface area is 192 Å². The van der Waals surface area contributed by atoms with Gasteiger partial charge in [-0.15, -0.1) is 11.8 Å². The molecule has 1 heterocycles. The zero-order chi connectivity index (χ0) is 21.4. The van der Waals surface area contributed by atoms with Crippen LogP contribution in [0.5, 0.6) is 0 Å². The molecular weight excluding hydrogens is 501 g/mol. The molecular formula is C22H32INO4S. The standard InChI is InChI=1S/C22H32INO4S/c1-3-4-6-15(2)18(25)9-8-16-17-13-20(29-12-5-7-21(27)28)24-22(17,10-11-23)14-19(16)26/h8-9,15-19,25-26H,3-7,12-14H2,1-2H3,(H,27,28). The van der Waals surface area contributed by atoms with Crippen LogP contribution in [0.1, 0.15) is 58.8 Å². The normalized spacial score (nSPS) is 30.5. The summed E-state index contributed by atoms with van der Waals surface area (Å²) in [4.78, 5) is 15.6. The Balaban J connectivity index is 2.05. The summed E-state index contributed by atoms with van der Waals surface area (Å²) >= 11 is 3.63. The number of thioether (sulfide) groups is 1. The van der Waals surface area contributed by atoms with Gasteiger partial charge in [0.05, 0.1) is 17.3 Å². The van der Waals surface area contributed by atoms with E-state index in [1.165, 1.54) is 0 Å². The first-order chi connectivity index (χ1) is 13.8. The third kappa shape index (κ3) is 6.71. The first-order valence-electron chi connectivity index (χ1n) is 10.4. The van der Waals surface area contributed by atoms with E-state index in [9.17, 15) is 15.0 Å². The van der Waals surface area contributed by atoms with Crippen LogP contribution in [0.3, 0.4) is 0 Å². The maximum absolute atomic E-state index is 10.7. The predicted molar refractivity (Wildman–Crippen MR) is 127 cm³/mol. The molecule has 6 unspecified atom stereocenters. The van der Waals surface area contributed by atoms with E-state index in [1.807, 2.05) is 34.7 Å². The van der Waals surface area contributed by atoms with Crippen molar-refractivity contribution >= 4 is 45.4 Å². The number of aliphatic carboxylic acids is 1. The van der Waals surface area contributed by atoms with E-state index in [-0.39, 0.29) is 24.2 Å². The van der Waals surface area contributed by atoms with E-state index in [0.717, 1.165) is 36.5 Å². The van der Waals surface area contributed by atoms with Gasteiger partial charge in [0.2, 0.25) is 0 Å². The van der Waals surface area contributed by atoms with Crippen molar-refractivity contribution in [3.8, 4) is 9.85 Å². The molecule has 0 amide bonds. The van der Waals surface area contributed by atoms with Crippen molar-refractivity contribution in [1.29, 1.82) is 0 Å². The van der Waals surface area contributed by atoms with E-state index in [4.69, 9.17) is 10.1 Å².